The lowest BCUT2D eigenvalue weighted by molar-refractivity contribution is -0.105. The first-order chi connectivity index (χ1) is 3.83. The van der Waals surface area contributed by atoms with Crippen LogP contribution in [-0.4, -0.2) is 17.6 Å². The standard InChI is InChI=1S/C4H6N2O2/c7-2-3-1-4(8)6-5-3/h1-2,4-6,8H. The smallest absolute Gasteiger partial charge is 0.167 e. The number of carbonyl (C=O) groups is 1. The average molecular weight is 114 g/mol. The highest BCUT2D eigenvalue weighted by atomic mass is 16.3. The van der Waals surface area contributed by atoms with Crippen molar-refractivity contribution in [2.24, 2.45) is 0 Å². The third-order valence-electron chi connectivity index (χ3n) is 0.829. The number of aliphatic hydroxyl groups excluding tert-OH is 1. The second-order valence-corrected chi connectivity index (χ2v) is 1.45. The highest BCUT2D eigenvalue weighted by Crippen LogP contribution is 1.91. The van der Waals surface area contributed by atoms with E-state index in [1.807, 2.05) is 0 Å². The third-order valence-corrected chi connectivity index (χ3v) is 0.829. The molecule has 0 fully saturated rings. The van der Waals surface area contributed by atoms with Crippen LogP contribution in [0.25, 0.3) is 0 Å². The number of hydrogen-bond acceptors (Lipinski definition) is 4. The van der Waals surface area contributed by atoms with Crippen LogP contribution in [0.1, 0.15) is 0 Å². The maximum Gasteiger partial charge on any atom is 0.167 e. The lowest BCUT2D eigenvalue weighted by Crippen LogP contribution is -2.31. The predicted molar refractivity (Wildman–Crippen MR) is 26.4 cm³/mol. The van der Waals surface area contributed by atoms with Gasteiger partial charge in [0.25, 0.3) is 0 Å². The summed E-state index contributed by atoms with van der Waals surface area (Å²) in [6, 6.07) is 0. The van der Waals surface area contributed by atoms with Gasteiger partial charge in [-0.25, -0.2) is 5.43 Å². The van der Waals surface area contributed by atoms with Crippen LogP contribution in [0, 0.1) is 0 Å². The number of aldehydes is 1. The molecule has 1 rings (SSSR count). The van der Waals surface area contributed by atoms with Crippen molar-refractivity contribution in [3.05, 3.63) is 11.8 Å². The molecule has 0 spiro atoms. The van der Waals surface area contributed by atoms with E-state index < -0.39 is 6.23 Å². The minimum atomic E-state index is -0.727. The summed E-state index contributed by atoms with van der Waals surface area (Å²) in [4.78, 5) is 9.87. The third kappa shape index (κ3) is 0.853. The first-order valence-corrected chi connectivity index (χ1v) is 2.19. The molecule has 0 bridgehead atoms. The van der Waals surface area contributed by atoms with Gasteiger partial charge in [-0.15, -0.1) is 0 Å². The molecule has 1 aliphatic heterocycles. The molecule has 1 heterocycles. The average Bonchev–Trinajstić information content (AvgIpc) is 2.14. The Morgan fingerprint density at radius 2 is 2.62 bits per heavy atom. The molecule has 3 N–H and O–H groups in total. The summed E-state index contributed by atoms with van der Waals surface area (Å²) >= 11 is 0. The number of aliphatic hydroxyl groups is 1. The zero-order valence-corrected chi connectivity index (χ0v) is 4.09. The normalized spacial score (nSPS) is 26.6. The zero-order chi connectivity index (χ0) is 5.98. The number of hydrazine groups is 1. The van der Waals surface area contributed by atoms with Crippen LogP contribution in [0.4, 0.5) is 0 Å². The molecule has 4 heteroatoms. The van der Waals surface area contributed by atoms with E-state index in [9.17, 15) is 4.79 Å². The largest absolute Gasteiger partial charge is 0.373 e. The minimum Gasteiger partial charge on any atom is -0.373 e. The van der Waals surface area contributed by atoms with Crippen LogP contribution in [0.5, 0.6) is 0 Å². The van der Waals surface area contributed by atoms with E-state index >= 15 is 0 Å². The van der Waals surface area contributed by atoms with Gasteiger partial charge in [-0.2, -0.15) is 0 Å². The van der Waals surface area contributed by atoms with Crippen LogP contribution in [-0.2, 0) is 4.79 Å². The lowest BCUT2D eigenvalue weighted by atomic mass is 10.4. The molecule has 0 radical (unpaired) electrons. The first-order valence-electron chi connectivity index (χ1n) is 2.19. The van der Waals surface area contributed by atoms with Gasteiger partial charge in [-0.3, -0.25) is 4.79 Å². The summed E-state index contributed by atoms with van der Waals surface area (Å²) < 4.78 is 0. The Labute approximate surface area is 46.2 Å². The van der Waals surface area contributed by atoms with E-state index in [-0.39, 0.29) is 0 Å². The quantitative estimate of drug-likeness (QED) is 0.363. The Balaban J connectivity index is 2.56. The van der Waals surface area contributed by atoms with Crippen molar-refractivity contribution in [1.82, 2.24) is 10.9 Å². The first kappa shape index (κ1) is 5.27. The van der Waals surface area contributed by atoms with Gasteiger partial charge in [0.15, 0.2) is 6.29 Å². The summed E-state index contributed by atoms with van der Waals surface area (Å²) in [7, 11) is 0. The molecular formula is C4H6N2O2. The highest BCUT2D eigenvalue weighted by molar-refractivity contribution is 5.72. The van der Waals surface area contributed by atoms with Crippen molar-refractivity contribution in [2.45, 2.75) is 6.23 Å². The molecule has 0 aromatic heterocycles. The zero-order valence-electron chi connectivity index (χ0n) is 4.09. The SMILES string of the molecule is O=CC1=CC(O)NN1. The number of hydrogen-bond donors (Lipinski definition) is 3. The van der Waals surface area contributed by atoms with E-state index in [0.717, 1.165) is 0 Å². The second-order valence-electron chi connectivity index (χ2n) is 1.45. The molecule has 44 valence electrons. The molecule has 0 aliphatic carbocycles. The van der Waals surface area contributed by atoms with Crippen molar-refractivity contribution in [3.8, 4) is 0 Å². The van der Waals surface area contributed by atoms with Crippen LogP contribution in [0.3, 0.4) is 0 Å². The Morgan fingerprint density at radius 1 is 1.88 bits per heavy atom. The van der Waals surface area contributed by atoms with E-state index in [1.165, 1.54) is 6.08 Å². The molecule has 1 aliphatic rings. The number of carbonyl (C=O) groups excluding carboxylic acids is 1. The maximum absolute atomic E-state index is 9.87. The highest BCUT2D eigenvalue weighted by Gasteiger charge is 2.07. The molecule has 8 heavy (non-hydrogen) atoms. The van der Waals surface area contributed by atoms with Crippen molar-refractivity contribution >= 4 is 6.29 Å². The van der Waals surface area contributed by atoms with E-state index in [0.29, 0.717) is 12.0 Å². The Kier molecular flexibility index (Phi) is 1.27. The van der Waals surface area contributed by atoms with Crippen LogP contribution >= 0.6 is 0 Å². The van der Waals surface area contributed by atoms with Crippen molar-refractivity contribution in [3.63, 3.8) is 0 Å². The number of rotatable bonds is 1. The molecular weight excluding hydrogens is 108 g/mol. The van der Waals surface area contributed by atoms with Crippen molar-refractivity contribution < 1.29 is 9.90 Å². The van der Waals surface area contributed by atoms with E-state index in [1.54, 1.807) is 0 Å². The fourth-order valence-electron chi connectivity index (χ4n) is 0.479. The molecule has 0 amide bonds. The Hall–Kier alpha value is -0.870. The maximum atomic E-state index is 9.87. The molecule has 1 atom stereocenters. The van der Waals surface area contributed by atoms with Gasteiger partial charge in [0.1, 0.15) is 6.23 Å². The molecule has 0 saturated heterocycles. The second kappa shape index (κ2) is 1.94. The van der Waals surface area contributed by atoms with E-state index in [4.69, 9.17) is 5.11 Å². The van der Waals surface area contributed by atoms with Gasteiger partial charge in [-0.05, 0) is 6.08 Å². The molecule has 4 nitrogen and oxygen atoms in total. The number of nitrogens with one attached hydrogen (secondary N) is 2. The molecule has 0 aromatic carbocycles. The van der Waals surface area contributed by atoms with Gasteiger partial charge < -0.3 is 10.5 Å². The van der Waals surface area contributed by atoms with Gasteiger partial charge in [-0.1, -0.05) is 0 Å². The van der Waals surface area contributed by atoms with Crippen LogP contribution in [0.2, 0.25) is 0 Å². The van der Waals surface area contributed by atoms with Crippen LogP contribution in [0.15, 0.2) is 11.8 Å². The molecule has 1 unspecified atom stereocenters. The predicted octanol–water partition coefficient (Wildman–Crippen LogP) is -1.50. The summed E-state index contributed by atoms with van der Waals surface area (Å²) in [6.07, 6.45) is 1.28. The van der Waals surface area contributed by atoms with Crippen molar-refractivity contribution in [1.29, 1.82) is 0 Å². The van der Waals surface area contributed by atoms with Crippen LogP contribution < -0.4 is 10.9 Å². The molecule has 0 aromatic rings. The van der Waals surface area contributed by atoms with Crippen molar-refractivity contribution in [2.75, 3.05) is 0 Å². The Morgan fingerprint density at radius 3 is 2.88 bits per heavy atom. The van der Waals surface area contributed by atoms with Gasteiger partial charge in [0.05, 0.1) is 5.70 Å². The van der Waals surface area contributed by atoms with Gasteiger partial charge >= 0.3 is 0 Å². The summed E-state index contributed by atoms with van der Waals surface area (Å²) in [5.74, 6) is 0. The van der Waals surface area contributed by atoms with Gasteiger partial charge in [0, 0.05) is 0 Å². The Bertz CT molecular complexity index is 132. The monoisotopic (exact) mass is 114 g/mol. The van der Waals surface area contributed by atoms with Gasteiger partial charge in [0.2, 0.25) is 0 Å². The summed E-state index contributed by atoms with van der Waals surface area (Å²) in [5.41, 5.74) is 5.22. The van der Waals surface area contributed by atoms with E-state index in [2.05, 4.69) is 10.9 Å². The molecule has 0 saturated carbocycles. The fourth-order valence-corrected chi connectivity index (χ4v) is 0.479. The summed E-state index contributed by atoms with van der Waals surface area (Å²) in [5, 5.41) is 8.62. The topological polar surface area (TPSA) is 61.4 Å². The lowest BCUT2D eigenvalue weighted by Gasteiger charge is -1.96. The summed E-state index contributed by atoms with van der Waals surface area (Å²) in [6.45, 7) is 0. The fraction of sp³-hybridized carbons (Fsp3) is 0.250. The number of allylic oxidation sites excluding steroid dienone is 1. The minimum absolute atomic E-state index is 0.373.